The lowest BCUT2D eigenvalue weighted by molar-refractivity contribution is 0.0663. The predicted octanol–water partition coefficient (Wildman–Crippen LogP) is 2.99. The van der Waals surface area contributed by atoms with Crippen LogP contribution in [0.25, 0.3) is 0 Å². The summed E-state index contributed by atoms with van der Waals surface area (Å²) in [5.74, 6) is 1.69. The zero-order valence-electron chi connectivity index (χ0n) is 16.0. The molecule has 0 bridgehead atoms. The summed E-state index contributed by atoms with van der Waals surface area (Å²) >= 11 is 0. The number of aliphatic hydroxyl groups excluding tert-OH is 1. The topological polar surface area (TPSA) is 45.2 Å². The zero-order valence-corrected chi connectivity index (χ0v) is 16.8. The van der Waals surface area contributed by atoms with Crippen molar-refractivity contribution in [2.24, 2.45) is 0 Å². The number of β-amino-alcohol motifs (C(OH)–C–C–N with tert-alkyl or cyclic N) is 1. The SMILES string of the molecule is COc1ccc(N2CCN(CC(O)COc3cccc(C)c3)CC2)cc1.Cl. The van der Waals surface area contributed by atoms with Crippen LogP contribution >= 0.6 is 12.4 Å². The minimum absolute atomic E-state index is 0. The minimum Gasteiger partial charge on any atom is -0.497 e. The van der Waals surface area contributed by atoms with Gasteiger partial charge in [-0.25, -0.2) is 0 Å². The first kappa shape index (κ1) is 21.4. The van der Waals surface area contributed by atoms with Gasteiger partial charge in [-0.2, -0.15) is 0 Å². The second kappa shape index (κ2) is 10.4. The average Bonchev–Trinajstić information content (AvgIpc) is 2.67. The molecule has 0 aliphatic carbocycles. The molecule has 1 heterocycles. The third-order valence-corrected chi connectivity index (χ3v) is 4.71. The number of methoxy groups -OCH3 is 1. The smallest absolute Gasteiger partial charge is 0.119 e. The maximum absolute atomic E-state index is 10.3. The molecule has 1 saturated heterocycles. The number of hydrogen-bond donors (Lipinski definition) is 1. The molecule has 5 nitrogen and oxygen atoms in total. The Bertz CT molecular complexity index is 688. The Morgan fingerprint density at radius 2 is 1.70 bits per heavy atom. The fourth-order valence-corrected chi connectivity index (χ4v) is 3.23. The van der Waals surface area contributed by atoms with E-state index in [1.54, 1.807) is 7.11 Å². The Labute approximate surface area is 167 Å². The normalized spacial score (nSPS) is 15.7. The number of ether oxygens (including phenoxy) is 2. The molecular formula is C21H29ClN2O3. The van der Waals surface area contributed by atoms with Crippen molar-refractivity contribution in [3.63, 3.8) is 0 Å². The van der Waals surface area contributed by atoms with Gasteiger partial charge in [0.25, 0.3) is 0 Å². The standard InChI is InChI=1S/C21H28N2O3.ClH/c1-17-4-3-5-21(14-17)26-16-19(24)15-22-10-12-23(13-11-22)18-6-8-20(25-2)9-7-18;/h3-9,14,19,24H,10-13,15-16H2,1-2H3;1H. The van der Waals surface area contributed by atoms with Crippen LogP contribution in [-0.2, 0) is 0 Å². The number of rotatable bonds is 7. The van der Waals surface area contributed by atoms with Crippen molar-refractivity contribution in [1.29, 1.82) is 0 Å². The van der Waals surface area contributed by atoms with Gasteiger partial charge >= 0.3 is 0 Å². The van der Waals surface area contributed by atoms with Crippen molar-refractivity contribution in [3.05, 3.63) is 54.1 Å². The fourth-order valence-electron chi connectivity index (χ4n) is 3.23. The van der Waals surface area contributed by atoms with Gasteiger partial charge in [0, 0.05) is 38.4 Å². The average molecular weight is 393 g/mol. The summed E-state index contributed by atoms with van der Waals surface area (Å²) in [6.45, 7) is 6.78. The van der Waals surface area contributed by atoms with Crippen LogP contribution in [0.4, 0.5) is 5.69 Å². The molecule has 1 unspecified atom stereocenters. The lowest BCUT2D eigenvalue weighted by Gasteiger charge is -2.36. The molecule has 0 saturated carbocycles. The van der Waals surface area contributed by atoms with Gasteiger partial charge in [-0.1, -0.05) is 12.1 Å². The first-order valence-electron chi connectivity index (χ1n) is 9.13. The zero-order chi connectivity index (χ0) is 18.4. The lowest BCUT2D eigenvalue weighted by Crippen LogP contribution is -2.49. The fraction of sp³-hybridized carbons (Fsp3) is 0.429. The number of aryl methyl sites for hydroxylation is 1. The quantitative estimate of drug-likeness (QED) is 0.784. The molecule has 0 aromatic heterocycles. The van der Waals surface area contributed by atoms with E-state index in [4.69, 9.17) is 9.47 Å². The summed E-state index contributed by atoms with van der Waals surface area (Å²) in [7, 11) is 1.68. The van der Waals surface area contributed by atoms with Crippen molar-refractivity contribution in [2.45, 2.75) is 13.0 Å². The number of halogens is 1. The summed E-state index contributed by atoms with van der Waals surface area (Å²) < 4.78 is 10.9. The molecule has 0 spiro atoms. The maximum atomic E-state index is 10.3. The Balaban J connectivity index is 0.00000261. The monoisotopic (exact) mass is 392 g/mol. The van der Waals surface area contributed by atoms with Crippen LogP contribution in [0, 0.1) is 6.92 Å². The second-order valence-electron chi connectivity index (χ2n) is 6.77. The Kier molecular flexibility index (Phi) is 8.23. The number of hydrogen-bond acceptors (Lipinski definition) is 5. The highest BCUT2D eigenvalue weighted by atomic mass is 35.5. The van der Waals surface area contributed by atoms with Crippen molar-refractivity contribution in [3.8, 4) is 11.5 Å². The molecule has 0 radical (unpaired) electrons. The van der Waals surface area contributed by atoms with E-state index in [-0.39, 0.29) is 12.4 Å². The summed E-state index contributed by atoms with van der Waals surface area (Å²) in [6.07, 6.45) is -0.483. The Morgan fingerprint density at radius 3 is 2.33 bits per heavy atom. The van der Waals surface area contributed by atoms with Crippen LogP contribution < -0.4 is 14.4 Å². The van der Waals surface area contributed by atoms with Crippen LogP contribution in [0.5, 0.6) is 11.5 Å². The highest BCUT2D eigenvalue weighted by molar-refractivity contribution is 5.85. The van der Waals surface area contributed by atoms with Crippen LogP contribution in [0.15, 0.2) is 48.5 Å². The molecule has 3 rings (SSSR count). The second-order valence-corrected chi connectivity index (χ2v) is 6.77. The largest absolute Gasteiger partial charge is 0.497 e. The Hall–Kier alpha value is -1.95. The first-order valence-corrected chi connectivity index (χ1v) is 9.13. The van der Waals surface area contributed by atoms with Crippen LogP contribution in [0.2, 0.25) is 0 Å². The van der Waals surface area contributed by atoms with E-state index in [9.17, 15) is 5.11 Å². The molecule has 1 aliphatic heterocycles. The van der Waals surface area contributed by atoms with E-state index < -0.39 is 6.10 Å². The summed E-state index contributed by atoms with van der Waals surface area (Å²) in [5, 5.41) is 10.3. The first-order chi connectivity index (χ1) is 12.6. The molecular weight excluding hydrogens is 364 g/mol. The van der Waals surface area contributed by atoms with Crippen LogP contribution in [0.3, 0.4) is 0 Å². The minimum atomic E-state index is -0.483. The lowest BCUT2D eigenvalue weighted by atomic mass is 10.2. The van der Waals surface area contributed by atoms with E-state index in [2.05, 4.69) is 21.9 Å². The van der Waals surface area contributed by atoms with Gasteiger partial charge < -0.3 is 19.5 Å². The van der Waals surface area contributed by atoms with Gasteiger partial charge in [0.05, 0.1) is 7.11 Å². The molecule has 27 heavy (non-hydrogen) atoms. The molecule has 148 valence electrons. The molecule has 1 aliphatic rings. The van der Waals surface area contributed by atoms with Gasteiger partial charge in [-0.3, -0.25) is 4.90 Å². The van der Waals surface area contributed by atoms with Gasteiger partial charge in [-0.05, 0) is 48.9 Å². The molecule has 1 atom stereocenters. The maximum Gasteiger partial charge on any atom is 0.119 e. The molecule has 0 amide bonds. The molecule has 1 fully saturated rings. The van der Waals surface area contributed by atoms with Crippen LogP contribution in [0.1, 0.15) is 5.56 Å². The third kappa shape index (κ3) is 6.31. The Morgan fingerprint density at radius 1 is 1.00 bits per heavy atom. The number of anilines is 1. The molecule has 1 N–H and O–H groups in total. The van der Waals surface area contributed by atoms with Crippen molar-refractivity contribution < 1.29 is 14.6 Å². The van der Waals surface area contributed by atoms with Gasteiger partial charge in [0.1, 0.15) is 24.2 Å². The summed E-state index contributed by atoms with van der Waals surface area (Å²) in [4.78, 5) is 4.66. The summed E-state index contributed by atoms with van der Waals surface area (Å²) in [5.41, 5.74) is 2.38. The van der Waals surface area contributed by atoms with Gasteiger partial charge in [0.15, 0.2) is 0 Å². The van der Waals surface area contributed by atoms with Crippen molar-refractivity contribution in [1.82, 2.24) is 4.90 Å². The van der Waals surface area contributed by atoms with E-state index in [1.165, 1.54) is 5.69 Å². The van der Waals surface area contributed by atoms with Crippen molar-refractivity contribution >= 4 is 18.1 Å². The summed E-state index contributed by atoms with van der Waals surface area (Å²) in [6, 6.07) is 16.1. The number of piperazine rings is 1. The highest BCUT2D eigenvalue weighted by Crippen LogP contribution is 2.20. The molecule has 2 aromatic rings. The van der Waals surface area contributed by atoms with Crippen LogP contribution in [-0.4, -0.2) is 62.6 Å². The number of benzene rings is 2. The van der Waals surface area contributed by atoms with E-state index >= 15 is 0 Å². The molecule has 6 heteroatoms. The highest BCUT2D eigenvalue weighted by Gasteiger charge is 2.19. The van der Waals surface area contributed by atoms with Gasteiger partial charge in [-0.15, -0.1) is 12.4 Å². The van der Waals surface area contributed by atoms with E-state index in [0.717, 1.165) is 43.2 Å². The number of nitrogens with zero attached hydrogens (tertiary/aromatic N) is 2. The number of aliphatic hydroxyl groups is 1. The molecule has 2 aromatic carbocycles. The van der Waals surface area contributed by atoms with E-state index in [1.807, 2.05) is 43.3 Å². The third-order valence-electron chi connectivity index (χ3n) is 4.71. The van der Waals surface area contributed by atoms with E-state index in [0.29, 0.717) is 13.2 Å². The van der Waals surface area contributed by atoms with Gasteiger partial charge in [0.2, 0.25) is 0 Å². The predicted molar refractivity (Wildman–Crippen MR) is 112 cm³/mol. The van der Waals surface area contributed by atoms with Crippen molar-refractivity contribution in [2.75, 3.05) is 51.3 Å².